The van der Waals surface area contributed by atoms with Crippen LogP contribution in [0, 0.1) is 5.92 Å². The summed E-state index contributed by atoms with van der Waals surface area (Å²) in [4.78, 5) is 104. The Kier molecular flexibility index (Phi) is 23.2. The minimum Gasteiger partial charge on any atom is -0.480 e. The lowest BCUT2D eigenvalue weighted by molar-refractivity contribution is -0.143. The first-order valence-electron chi connectivity index (χ1n) is 17.1. The van der Waals surface area contributed by atoms with Crippen molar-refractivity contribution in [2.45, 2.75) is 102 Å². The summed E-state index contributed by atoms with van der Waals surface area (Å²) in [5.41, 5.74) is 32.8. The minimum absolute atomic E-state index is 0.0349. The van der Waals surface area contributed by atoms with Crippen LogP contribution < -0.4 is 61.0 Å². The fraction of sp³-hybridized carbons (Fsp3) is 0.724. The zero-order chi connectivity index (χ0) is 41.6. The molecular formula is C29H58N13O11P. The molecule has 0 aliphatic carbocycles. The number of phosphoric acid groups is 1. The number of carbonyl (C=O) groups is 6. The molecular weight excluding hydrogens is 737 g/mol. The Labute approximate surface area is 313 Å². The number of aliphatic carboxylic acids is 1. The fourth-order valence-electron chi connectivity index (χ4n) is 4.55. The molecule has 6 atom stereocenters. The van der Waals surface area contributed by atoms with Crippen LogP contribution in [0.3, 0.4) is 0 Å². The van der Waals surface area contributed by atoms with Crippen LogP contribution in [0.1, 0.15) is 65.7 Å². The van der Waals surface area contributed by atoms with Gasteiger partial charge in [0.25, 0.3) is 0 Å². The number of nitrogens with two attached hydrogens (primary N) is 6. The number of carbonyl (C=O) groups excluding carboxylic acids is 5. The molecule has 0 rings (SSSR count). The van der Waals surface area contributed by atoms with Gasteiger partial charge < -0.3 is 75.9 Å². The van der Waals surface area contributed by atoms with Crippen LogP contribution in [0.2, 0.25) is 0 Å². The summed E-state index contributed by atoms with van der Waals surface area (Å²) in [6.45, 7) is 3.71. The van der Waals surface area contributed by atoms with Crippen LogP contribution in [0.15, 0.2) is 9.98 Å². The van der Waals surface area contributed by atoms with Gasteiger partial charge >= 0.3 is 13.8 Å². The number of nitrogens with one attached hydrogen (secondary N) is 5. The van der Waals surface area contributed by atoms with E-state index < -0.39 is 92.1 Å². The minimum atomic E-state index is -5.17. The summed E-state index contributed by atoms with van der Waals surface area (Å²) in [7, 11) is -5.17. The van der Waals surface area contributed by atoms with E-state index >= 15 is 0 Å². The normalized spacial score (nSPS) is 14.6. The van der Waals surface area contributed by atoms with Crippen LogP contribution in [-0.4, -0.2) is 125 Å². The van der Waals surface area contributed by atoms with Gasteiger partial charge in [-0.3, -0.25) is 38.5 Å². The summed E-state index contributed by atoms with van der Waals surface area (Å²) in [5, 5.41) is 21.6. The van der Waals surface area contributed by atoms with Gasteiger partial charge in [-0.05, 0) is 64.3 Å². The highest BCUT2D eigenvalue weighted by atomic mass is 31.2. The summed E-state index contributed by atoms with van der Waals surface area (Å²) in [6.07, 6.45) is 0.988. The van der Waals surface area contributed by atoms with Crippen LogP contribution in [-0.2, 0) is 37.9 Å². The van der Waals surface area contributed by atoms with Crippen molar-refractivity contribution in [3.05, 3.63) is 0 Å². The molecule has 310 valence electrons. The van der Waals surface area contributed by atoms with Gasteiger partial charge in [-0.2, -0.15) is 0 Å². The number of unbranched alkanes of at least 4 members (excludes halogenated alkanes) is 1. The number of amides is 5. The number of guanidine groups is 2. The highest BCUT2D eigenvalue weighted by Crippen LogP contribution is 2.35. The predicted octanol–water partition coefficient (Wildman–Crippen LogP) is -5.16. The molecule has 0 saturated carbocycles. The molecule has 0 aromatic heterocycles. The van der Waals surface area contributed by atoms with Crippen LogP contribution in [0.5, 0.6) is 0 Å². The third kappa shape index (κ3) is 21.8. The summed E-state index contributed by atoms with van der Waals surface area (Å²) < 4.78 is 15.9. The first-order chi connectivity index (χ1) is 25.1. The number of aliphatic imine (C=N–C) groups is 2. The van der Waals surface area contributed by atoms with Crippen LogP contribution >= 0.6 is 7.82 Å². The quantitative estimate of drug-likeness (QED) is 0.0160. The van der Waals surface area contributed by atoms with E-state index in [0.29, 0.717) is 6.42 Å². The molecule has 54 heavy (non-hydrogen) atoms. The maximum atomic E-state index is 13.8. The molecule has 0 fully saturated rings. The van der Waals surface area contributed by atoms with Crippen molar-refractivity contribution in [1.82, 2.24) is 26.6 Å². The smallest absolute Gasteiger partial charge is 0.469 e. The number of hydrogen-bond donors (Lipinski definition) is 14. The van der Waals surface area contributed by atoms with Crippen molar-refractivity contribution >= 4 is 55.2 Å². The van der Waals surface area contributed by atoms with Crippen LogP contribution in [0.25, 0.3) is 0 Å². The van der Waals surface area contributed by atoms with Crippen molar-refractivity contribution in [3.8, 4) is 0 Å². The molecule has 25 heteroatoms. The Morgan fingerprint density at radius 1 is 0.648 bits per heavy atom. The number of carboxylic acids is 1. The summed E-state index contributed by atoms with van der Waals surface area (Å²) >= 11 is 0. The third-order valence-corrected chi connectivity index (χ3v) is 7.91. The van der Waals surface area contributed by atoms with Crippen molar-refractivity contribution in [3.63, 3.8) is 0 Å². The molecule has 0 saturated heterocycles. The molecule has 0 radical (unpaired) electrons. The number of rotatable bonds is 27. The average molecular weight is 796 g/mol. The molecule has 24 nitrogen and oxygen atoms in total. The molecule has 0 aromatic rings. The lowest BCUT2D eigenvalue weighted by Crippen LogP contribution is -2.60. The fourth-order valence-corrected chi connectivity index (χ4v) is 4.89. The van der Waals surface area contributed by atoms with E-state index in [0.717, 1.165) is 0 Å². The lowest BCUT2D eigenvalue weighted by Gasteiger charge is -2.27. The van der Waals surface area contributed by atoms with Gasteiger partial charge in [0.15, 0.2) is 11.9 Å². The molecule has 0 heterocycles. The van der Waals surface area contributed by atoms with Gasteiger partial charge in [0, 0.05) is 13.1 Å². The van der Waals surface area contributed by atoms with E-state index in [1.165, 1.54) is 20.8 Å². The van der Waals surface area contributed by atoms with E-state index in [4.69, 9.17) is 34.4 Å². The highest BCUT2D eigenvalue weighted by molar-refractivity contribution is 7.46. The maximum absolute atomic E-state index is 13.8. The number of carboxylic acid groups (broad SMARTS) is 1. The van der Waals surface area contributed by atoms with Gasteiger partial charge in [-0.1, -0.05) is 13.8 Å². The van der Waals surface area contributed by atoms with Gasteiger partial charge in [0.1, 0.15) is 30.2 Å². The van der Waals surface area contributed by atoms with Crippen LogP contribution in [0.4, 0.5) is 0 Å². The Morgan fingerprint density at radius 3 is 1.39 bits per heavy atom. The maximum Gasteiger partial charge on any atom is 0.469 e. The summed E-state index contributed by atoms with van der Waals surface area (Å²) in [5.74, 6) is -6.92. The standard InChI is InChI=1S/C29H58N13O11P/c1-15(2)21(27(48)49)42-26(47)20(14-53-54(50,51)52)41-25(46)17(8-4-5-11-30)39-24(45)19(10-7-13-37-29(34)35)40-23(44)18(38-22(43)16(3)31)9-6-12-36-28(32)33/h15-21H,4-14,30-31H2,1-3H3,(H,38,43)(H,39,45)(H,40,44)(H,41,46)(H,42,47)(H,48,49)(H4,32,33,36)(H4,34,35,37)(H2,50,51,52)/t16-,17-,18-,19-,20-,21-/m0/s1. The Morgan fingerprint density at radius 2 is 1.04 bits per heavy atom. The van der Waals surface area contributed by atoms with E-state index in [1.54, 1.807) is 0 Å². The highest BCUT2D eigenvalue weighted by Gasteiger charge is 2.34. The van der Waals surface area contributed by atoms with E-state index in [1.807, 2.05) is 0 Å². The number of hydrogen-bond acceptors (Lipinski definition) is 12. The average Bonchev–Trinajstić information content (AvgIpc) is 3.06. The monoisotopic (exact) mass is 795 g/mol. The van der Waals surface area contributed by atoms with Gasteiger partial charge in [-0.25, -0.2) is 9.36 Å². The Hall–Kier alpha value is -4.61. The predicted molar refractivity (Wildman–Crippen MR) is 196 cm³/mol. The summed E-state index contributed by atoms with van der Waals surface area (Å²) in [6, 6.07) is -8.21. The molecule has 20 N–H and O–H groups in total. The molecule has 0 unspecified atom stereocenters. The Balaban J connectivity index is 6.48. The van der Waals surface area contributed by atoms with Crippen molar-refractivity contribution in [1.29, 1.82) is 0 Å². The first kappa shape index (κ1) is 49.4. The topological polar surface area (TPSA) is 430 Å². The molecule has 5 amide bonds. The first-order valence-corrected chi connectivity index (χ1v) is 18.6. The largest absolute Gasteiger partial charge is 0.480 e. The van der Waals surface area contributed by atoms with Gasteiger partial charge in [0.05, 0.1) is 12.6 Å². The van der Waals surface area contributed by atoms with Crippen molar-refractivity contribution < 1.29 is 52.7 Å². The van der Waals surface area contributed by atoms with Crippen molar-refractivity contribution in [2.24, 2.45) is 50.3 Å². The zero-order valence-electron chi connectivity index (χ0n) is 30.7. The Bertz CT molecular complexity index is 1350. The number of nitrogens with zero attached hydrogens (tertiary/aromatic N) is 2. The van der Waals surface area contributed by atoms with E-state index in [-0.39, 0.29) is 70.1 Å². The molecule has 0 aromatic carbocycles. The number of phosphoric ester groups is 1. The molecule has 0 aliphatic heterocycles. The zero-order valence-corrected chi connectivity index (χ0v) is 31.6. The lowest BCUT2D eigenvalue weighted by atomic mass is 10.0. The van der Waals surface area contributed by atoms with E-state index in [2.05, 4.69) is 41.1 Å². The second kappa shape index (κ2) is 25.4. The molecule has 0 aliphatic rings. The SMILES string of the molecule is CC(C)[C@H](NC(=O)[C@H](COP(=O)(O)O)NC(=O)[C@H](CCCCN)NC(=O)[C@H](CCCN=C(N)N)NC(=O)[C@H](CCCN=C(N)N)NC(=O)[C@H](C)N)C(=O)O. The second-order valence-corrected chi connectivity index (χ2v) is 13.8. The van der Waals surface area contributed by atoms with Gasteiger partial charge in [-0.15, -0.1) is 0 Å². The van der Waals surface area contributed by atoms with Crippen molar-refractivity contribution in [2.75, 3.05) is 26.2 Å². The third-order valence-electron chi connectivity index (χ3n) is 7.42. The van der Waals surface area contributed by atoms with E-state index in [9.17, 15) is 48.2 Å². The molecule has 0 spiro atoms. The van der Waals surface area contributed by atoms with Gasteiger partial charge in [0.2, 0.25) is 29.5 Å². The molecule has 0 bridgehead atoms. The second-order valence-electron chi connectivity index (χ2n) is 12.6.